The Labute approximate surface area is 196 Å². The molecule has 10 heteroatoms. The molecule has 0 aromatic heterocycles. The molecule has 0 spiro atoms. The fourth-order valence-electron chi connectivity index (χ4n) is 3.79. The monoisotopic (exact) mass is 477 g/mol. The van der Waals surface area contributed by atoms with E-state index in [2.05, 4.69) is 12.2 Å². The first kappa shape index (κ1) is 29.7. The number of aliphatic hydroxyl groups excluding tert-OH is 4. The first-order chi connectivity index (χ1) is 15.8. The summed E-state index contributed by atoms with van der Waals surface area (Å²) < 4.78 is 10.4. The maximum atomic E-state index is 12.1. The Morgan fingerprint density at radius 2 is 1.42 bits per heavy atom. The molecular formula is C23H43NO9. The molecule has 0 bridgehead atoms. The van der Waals surface area contributed by atoms with Crippen molar-refractivity contribution in [2.75, 3.05) is 13.2 Å². The predicted molar refractivity (Wildman–Crippen MR) is 120 cm³/mol. The molecule has 0 aromatic carbocycles. The van der Waals surface area contributed by atoms with E-state index in [0.29, 0.717) is 6.42 Å². The van der Waals surface area contributed by atoms with Crippen LogP contribution in [0.2, 0.25) is 0 Å². The van der Waals surface area contributed by atoms with Crippen molar-refractivity contribution >= 4 is 11.9 Å². The summed E-state index contributed by atoms with van der Waals surface area (Å²) in [5.41, 5.74) is 0. The molecule has 1 rings (SSSR count). The lowest BCUT2D eigenvalue weighted by molar-refractivity contribution is -0.301. The minimum absolute atomic E-state index is 0.209. The summed E-state index contributed by atoms with van der Waals surface area (Å²) in [7, 11) is 0. The highest BCUT2D eigenvalue weighted by atomic mass is 16.7. The van der Waals surface area contributed by atoms with Crippen molar-refractivity contribution in [3.63, 3.8) is 0 Å². The molecule has 0 saturated carbocycles. The van der Waals surface area contributed by atoms with Crippen LogP contribution in [-0.2, 0) is 19.1 Å². The van der Waals surface area contributed by atoms with E-state index in [4.69, 9.17) is 9.47 Å². The van der Waals surface area contributed by atoms with Gasteiger partial charge in [0.05, 0.1) is 13.2 Å². The van der Waals surface area contributed by atoms with Gasteiger partial charge in [-0.25, -0.2) is 4.79 Å². The van der Waals surface area contributed by atoms with Gasteiger partial charge in [0.2, 0.25) is 5.91 Å². The fourth-order valence-corrected chi connectivity index (χ4v) is 3.79. The Kier molecular flexibility index (Phi) is 15.5. The first-order valence-corrected chi connectivity index (χ1v) is 12.3. The van der Waals surface area contributed by atoms with Crippen LogP contribution in [-0.4, -0.2) is 87.4 Å². The molecule has 1 saturated heterocycles. The second-order valence-electron chi connectivity index (χ2n) is 8.77. The number of carbonyl (C=O) groups excluding carboxylic acids is 1. The number of rotatable bonds is 18. The number of nitrogens with one attached hydrogen (secondary N) is 1. The average molecular weight is 478 g/mol. The third kappa shape index (κ3) is 11.6. The van der Waals surface area contributed by atoms with Crippen molar-refractivity contribution in [1.82, 2.24) is 5.32 Å². The topological polar surface area (TPSA) is 166 Å². The van der Waals surface area contributed by atoms with Crippen LogP contribution >= 0.6 is 0 Å². The van der Waals surface area contributed by atoms with Gasteiger partial charge in [0.1, 0.15) is 24.4 Å². The van der Waals surface area contributed by atoms with E-state index in [0.717, 1.165) is 19.3 Å². The van der Waals surface area contributed by atoms with Crippen LogP contribution in [0.15, 0.2) is 0 Å². The van der Waals surface area contributed by atoms with Crippen LogP contribution in [0.5, 0.6) is 0 Å². The number of amides is 1. The molecule has 1 heterocycles. The zero-order chi connectivity index (χ0) is 24.6. The molecule has 0 aliphatic carbocycles. The lowest BCUT2D eigenvalue weighted by Crippen LogP contribution is -2.59. The minimum atomic E-state index is -1.63. The molecule has 6 N–H and O–H groups in total. The average Bonchev–Trinajstić information content (AvgIpc) is 2.79. The van der Waals surface area contributed by atoms with E-state index in [1.165, 1.54) is 44.9 Å². The molecule has 1 aliphatic heterocycles. The van der Waals surface area contributed by atoms with Crippen LogP contribution in [0.4, 0.5) is 0 Å². The van der Waals surface area contributed by atoms with Gasteiger partial charge in [0.25, 0.3) is 0 Å². The van der Waals surface area contributed by atoms with Crippen molar-refractivity contribution in [2.24, 2.45) is 0 Å². The second-order valence-corrected chi connectivity index (χ2v) is 8.77. The van der Waals surface area contributed by atoms with Gasteiger partial charge in [-0.05, 0) is 6.42 Å². The maximum Gasteiger partial charge on any atom is 0.328 e. The van der Waals surface area contributed by atoms with Crippen LogP contribution in [0.1, 0.15) is 84.0 Å². The number of aliphatic carboxylic acids is 1. The molecule has 0 aromatic rings. The van der Waals surface area contributed by atoms with Gasteiger partial charge in [-0.3, -0.25) is 4.79 Å². The predicted octanol–water partition coefficient (Wildman–Crippen LogP) is 1.07. The van der Waals surface area contributed by atoms with Crippen LogP contribution in [0, 0.1) is 0 Å². The summed E-state index contributed by atoms with van der Waals surface area (Å²) in [5, 5.41) is 50.4. The first-order valence-electron chi connectivity index (χ1n) is 12.3. The van der Waals surface area contributed by atoms with E-state index in [1.54, 1.807) is 0 Å². The molecular weight excluding hydrogens is 434 g/mol. The van der Waals surface area contributed by atoms with E-state index in [-0.39, 0.29) is 6.42 Å². The fraction of sp³-hybridized carbons (Fsp3) is 0.913. The normalized spacial score (nSPS) is 26.2. The Morgan fingerprint density at radius 3 is 1.94 bits per heavy atom. The maximum absolute atomic E-state index is 12.1. The zero-order valence-electron chi connectivity index (χ0n) is 19.7. The van der Waals surface area contributed by atoms with Gasteiger partial charge in [-0.1, -0.05) is 71.1 Å². The van der Waals surface area contributed by atoms with E-state index >= 15 is 0 Å². The number of carboxylic acid groups (broad SMARTS) is 1. The zero-order valence-corrected chi connectivity index (χ0v) is 19.7. The molecule has 6 atom stereocenters. The number of hydrogen-bond acceptors (Lipinski definition) is 8. The third-order valence-corrected chi connectivity index (χ3v) is 5.92. The number of carboxylic acids is 1. The largest absolute Gasteiger partial charge is 0.480 e. The van der Waals surface area contributed by atoms with Crippen LogP contribution in [0.25, 0.3) is 0 Å². The van der Waals surface area contributed by atoms with E-state index in [1.807, 2.05) is 0 Å². The van der Waals surface area contributed by atoms with Crippen molar-refractivity contribution in [2.45, 2.75) is 121 Å². The summed E-state index contributed by atoms with van der Waals surface area (Å²) >= 11 is 0. The molecule has 0 radical (unpaired) electrons. The lowest BCUT2D eigenvalue weighted by atomic mass is 9.99. The standard InChI is InChI=1S/C23H43NO9/c1-2-3-4-5-6-7-8-9-10-11-12-13-18(26)24-16(22(30)31)15-32-23-21(29)20(28)19(27)17(14-25)33-23/h16-17,19-21,23,25,27-29H,2-15H2,1H3,(H,24,26)(H,30,31)/t16-,17+,19-,20-,21+,23+/m0/s1. The number of unbranched alkanes of at least 4 members (excludes halogenated alkanes) is 10. The molecule has 0 unspecified atom stereocenters. The van der Waals surface area contributed by atoms with Gasteiger partial charge in [0, 0.05) is 6.42 Å². The summed E-state index contributed by atoms with van der Waals surface area (Å²) in [6.07, 6.45) is 5.48. The molecule has 1 amide bonds. The van der Waals surface area contributed by atoms with Crippen molar-refractivity contribution < 1.29 is 44.6 Å². The van der Waals surface area contributed by atoms with Crippen molar-refractivity contribution in [3.05, 3.63) is 0 Å². The third-order valence-electron chi connectivity index (χ3n) is 5.92. The quantitative estimate of drug-likeness (QED) is 0.158. The summed E-state index contributed by atoms with van der Waals surface area (Å²) in [6.45, 7) is 1.07. The number of hydrogen-bond donors (Lipinski definition) is 6. The van der Waals surface area contributed by atoms with Gasteiger partial charge >= 0.3 is 5.97 Å². The Bertz CT molecular complexity index is 546. The minimum Gasteiger partial charge on any atom is -0.480 e. The van der Waals surface area contributed by atoms with Crippen LogP contribution in [0.3, 0.4) is 0 Å². The van der Waals surface area contributed by atoms with Gasteiger partial charge < -0.3 is 40.3 Å². The summed E-state index contributed by atoms with van der Waals surface area (Å²) in [5.74, 6) is -1.72. The molecule has 1 fully saturated rings. The number of ether oxygens (including phenoxy) is 2. The SMILES string of the molecule is CCCCCCCCCCCCCC(=O)N[C@@H](CO[C@@H]1O[C@H](CO)[C@H](O)[C@H](O)[C@H]1O)C(=O)O. The Morgan fingerprint density at radius 1 is 0.879 bits per heavy atom. The van der Waals surface area contributed by atoms with Crippen LogP contribution < -0.4 is 5.32 Å². The van der Waals surface area contributed by atoms with Gasteiger partial charge in [0.15, 0.2) is 12.3 Å². The van der Waals surface area contributed by atoms with E-state index < -0.39 is 61.8 Å². The number of aliphatic hydroxyl groups is 4. The molecule has 1 aliphatic rings. The highest BCUT2D eigenvalue weighted by Crippen LogP contribution is 2.22. The molecule has 33 heavy (non-hydrogen) atoms. The highest BCUT2D eigenvalue weighted by molar-refractivity contribution is 5.83. The Balaban J connectivity index is 2.23. The molecule has 10 nitrogen and oxygen atoms in total. The summed E-state index contributed by atoms with van der Waals surface area (Å²) in [4.78, 5) is 23.6. The molecule has 194 valence electrons. The smallest absolute Gasteiger partial charge is 0.328 e. The number of carbonyl (C=O) groups is 2. The second kappa shape index (κ2) is 17.2. The highest BCUT2D eigenvalue weighted by Gasteiger charge is 2.44. The van der Waals surface area contributed by atoms with Gasteiger partial charge in [-0.2, -0.15) is 0 Å². The van der Waals surface area contributed by atoms with Gasteiger partial charge in [-0.15, -0.1) is 0 Å². The Hall–Kier alpha value is -1.30. The van der Waals surface area contributed by atoms with Crippen molar-refractivity contribution in [3.8, 4) is 0 Å². The summed E-state index contributed by atoms with van der Waals surface area (Å²) in [6, 6.07) is -1.36. The van der Waals surface area contributed by atoms with Crippen molar-refractivity contribution in [1.29, 1.82) is 0 Å². The van der Waals surface area contributed by atoms with E-state index in [9.17, 15) is 35.1 Å². The lowest BCUT2D eigenvalue weighted by Gasteiger charge is -2.39.